The molecule has 0 saturated carbocycles. The zero-order valence-corrected chi connectivity index (χ0v) is 13.8. The molecule has 0 amide bonds. The maximum Gasteiger partial charge on any atom is 0.148 e. The van der Waals surface area contributed by atoms with Crippen molar-refractivity contribution in [2.45, 2.75) is 12.1 Å². The van der Waals surface area contributed by atoms with Crippen molar-refractivity contribution < 1.29 is 13.2 Å². The van der Waals surface area contributed by atoms with Crippen molar-refractivity contribution in [1.29, 1.82) is 0 Å². The zero-order chi connectivity index (χ0) is 15.6. The minimum atomic E-state index is -2.89. The average molecular weight is 324 g/mol. The van der Waals surface area contributed by atoms with Crippen LogP contribution in [0.5, 0.6) is 0 Å². The summed E-state index contributed by atoms with van der Waals surface area (Å²) in [7, 11) is -2.89. The molecule has 1 aromatic rings. The standard InChI is InChI=1S/C16H24N2O3S/c1-22(19,20)10-9-17-7-8-18-15(11-17)12-21-13-16(18)14-5-3-2-4-6-14/h2-6,15-16H,7-13H2,1H3/t15-,16-/m1/s1. The summed E-state index contributed by atoms with van der Waals surface area (Å²) in [5.74, 6) is 0.239. The van der Waals surface area contributed by atoms with E-state index >= 15 is 0 Å². The van der Waals surface area contributed by atoms with E-state index in [4.69, 9.17) is 4.74 Å². The van der Waals surface area contributed by atoms with Gasteiger partial charge >= 0.3 is 0 Å². The van der Waals surface area contributed by atoms with Crippen molar-refractivity contribution in [2.75, 3.05) is 51.4 Å². The van der Waals surface area contributed by atoms with Crippen molar-refractivity contribution in [2.24, 2.45) is 0 Å². The van der Waals surface area contributed by atoms with Crippen LogP contribution >= 0.6 is 0 Å². The molecule has 0 N–H and O–H groups in total. The van der Waals surface area contributed by atoms with E-state index in [1.165, 1.54) is 11.8 Å². The minimum absolute atomic E-state index is 0.239. The monoisotopic (exact) mass is 324 g/mol. The number of morpholine rings is 1. The van der Waals surface area contributed by atoms with Crippen LogP contribution in [0.3, 0.4) is 0 Å². The van der Waals surface area contributed by atoms with Gasteiger partial charge in [0.05, 0.1) is 25.0 Å². The van der Waals surface area contributed by atoms with E-state index in [2.05, 4.69) is 34.1 Å². The Labute approximate surface area is 132 Å². The maximum absolute atomic E-state index is 11.3. The molecule has 0 aliphatic carbocycles. The van der Waals surface area contributed by atoms with Crippen molar-refractivity contribution in [3.8, 4) is 0 Å². The zero-order valence-electron chi connectivity index (χ0n) is 13.0. The molecular formula is C16H24N2O3S. The van der Waals surface area contributed by atoms with Gasteiger partial charge in [0.25, 0.3) is 0 Å². The Morgan fingerprint density at radius 3 is 2.68 bits per heavy atom. The molecule has 0 aromatic heterocycles. The number of hydrogen-bond donors (Lipinski definition) is 0. The van der Waals surface area contributed by atoms with E-state index in [1.807, 2.05) is 6.07 Å². The molecule has 5 nitrogen and oxygen atoms in total. The number of nitrogens with zero attached hydrogens (tertiary/aromatic N) is 2. The fourth-order valence-electron chi connectivity index (χ4n) is 3.36. The molecule has 2 aliphatic rings. The number of fused-ring (bicyclic) bond motifs is 1. The Morgan fingerprint density at radius 2 is 1.95 bits per heavy atom. The predicted molar refractivity (Wildman–Crippen MR) is 86.6 cm³/mol. The Hall–Kier alpha value is -0.950. The van der Waals surface area contributed by atoms with E-state index in [-0.39, 0.29) is 5.75 Å². The SMILES string of the molecule is CS(=O)(=O)CCN1CCN2[C@@H](COC[C@@H]2c2ccccc2)C1. The molecule has 0 bridgehead atoms. The van der Waals surface area contributed by atoms with Crippen molar-refractivity contribution in [3.05, 3.63) is 35.9 Å². The number of sulfone groups is 1. The maximum atomic E-state index is 11.3. The van der Waals surface area contributed by atoms with Crippen LogP contribution in [0.25, 0.3) is 0 Å². The van der Waals surface area contributed by atoms with Gasteiger partial charge in [0.15, 0.2) is 0 Å². The molecule has 2 fully saturated rings. The summed E-state index contributed by atoms with van der Waals surface area (Å²) < 4.78 is 28.5. The summed E-state index contributed by atoms with van der Waals surface area (Å²) in [6.07, 6.45) is 1.30. The Bertz CT molecular complexity index is 591. The van der Waals surface area contributed by atoms with Crippen LogP contribution in [0.4, 0.5) is 0 Å². The molecule has 0 unspecified atom stereocenters. The third-order valence-corrected chi connectivity index (χ3v) is 5.49. The van der Waals surface area contributed by atoms with E-state index in [0.717, 1.165) is 32.8 Å². The largest absolute Gasteiger partial charge is 0.378 e. The van der Waals surface area contributed by atoms with Crippen LogP contribution in [-0.4, -0.2) is 75.7 Å². The highest BCUT2D eigenvalue weighted by atomic mass is 32.2. The highest BCUT2D eigenvalue weighted by Gasteiger charge is 2.36. The molecule has 122 valence electrons. The summed E-state index contributed by atoms with van der Waals surface area (Å²) in [6.45, 7) is 4.88. The fourth-order valence-corrected chi connectivity index (χ4v) is 3.95. The van der Waals surface area contributed by atoms with Crippen molar-refractivity contribution in [1.82, 2.24) is 9.80 Å². The predicted octanol–water partition coefficient (Wildman–Crippen LogP) is 0.789. The first-order chi connectivity index (χ1) is 10.5. The molecular weight excluding hydrogens is 300 g/mol. The third-order valence-electron chi connectivity index (χ3n) is 4.56. The van der Waals surface area contributed by atoms with E-state index in [0.29, 0.717) is 18.6 Å². The van der Waals surface area contributed by atoms with Crippen LogP contribution in [0.2, 0.25) is 0 Å². The number of ether oxygens (including phenoxy) is 1. The van der Waals surface area contributed by atoms with Gasteiger partial charge in [0.1, 0.15) is 9.84 Å². The first-order valence-electron chi connectivity index (χ1n) is 7.81. The number of hydrogen-bond acceptors (Lipinski definition) is 5. The lowest BCUT2D eigenvalue weighted by Crippen LogP contribution is -2.59. The normalized spacial score (nSPS) is 27.5. The second-order valence-corrected chi connectivity index (χ2v) is 8.55. The van der Waals surface area contributed by atoms with Crippen LogP contribution in [0, 0.1) is 0 Å². The van der Waals surface area contributed by atoms with Crippen molar-refractivity contribution in [3.63, 3.8) is 0 Å². The smallest absolute Gasteiger partial charge is 0.148 e. The van der Waals surface area contributed by atoms with Gasteiger partial charge in [-0.15, -0.1) is 0 Å². The molecule has 0 spiro atoms. The van der Waals surface area contributed by atoms with E-state index in [9.17, 15) is 8.42 Å². The topological polar surface area (TPSA) is 49.9 Å². The molecule has 3 rings (SSSR count). The van der Waals surface area contributed by atoms with Gasteiger partial charge in [-0.1, -0.05) is 30.3 Å². The number of benzene rings is 1. The third kappa shape index (κ3) is 3.87. The Balaban J connectivity index is 1.64. The first-order valence-corrected chi connectivity index (χ1v) is 9.87. The second kappa shape index (κ2) is 6.66. The number of piperazine rings is 1. The van der Waals surface area contributed by atoms with Crippen LogP contribution in [0.15, 0.2) is 30.3 Å². The van der Waals surface area contributed by atoms with Gasteiger partial charge in [0, 0.05) is 38.5 Å². The molecule has 2 saturated heterocycles. The summed E-state index contributed by atoms with van der Waals surface area (Å²) in [5, 5.41) is 0. The van der Waals surface area contributed by atoms with Crippen LogP contribution < -0.4 is 0 Å². The number of rotatable bonds is 4. The quantitative estimate of drug-likeness (QED) is 0.819. The lowest BCUT2D eigenvalue weighted by molar-refractivity contribution is -0.0814. The molecule has 1 aromatic carbocycles. The van der Waals surface area contributed by atoms with Gasteiger partial charge in [-0.25, -0.2) is 8.42 Å². The molecule has 22 heavy (non-hydrogen) atoms. The van der Waals surface area contributed by atoms with Crippen molar-refractivity contribution >= 4 is 9.84 Å². The van der Waals surface area contributed by atoms with Gasteiger partial charge in [-0.2, -0.15) is 0 Å². The molecule has 6 heteroatoms. The fraction of sp³-hybridized carbons (Fsp3) is 0.625. The summed E-state index contributed by atoms with van der Waals surface area (Å²) in [4.78, 5) is 4.77. The highest BCUT2D eigenvalue weighted by molar-refractivity contribution is 7.90. The van der Waals surface area contributed by atoms with Crippen LogP contribution in [-0.2, 0) is 14.6 Å². The summed E-state index contributed by atoms with van der Waals surface area (Å²) >= 11 is 0. The molecule has 2 aliphatic heterocycles. The second-order valence-electron chi connectivity index (χ2n) is 6.29. The van der Waals surface area contributed by atoms with Gasteiger partial charge in [-0.05, 0) is 5.56 Å². The van der Waals surface area contributed by atoms with E-state index in [1.54, 1.807) is 0 Å². The van der Waals surface area contributed by atoms with Gasteiger partial charge in [0.2, 0.25) is 0 Å². The molecule has 2 heterocycles. The summed E-state index contributed by atoms with van der Waals surface area (Å²) in [5.41, 5.74) is 1.30. The minimum Gasteiger partial charge on any atom is -0.378 e. The van der Waals surface area contributed by atoms with Gasteiger partial charge < -0.3 is 4.74 Å². The van der Waals surface area contributed by atoms with Crippen LogP contribution in [0.1, 0.15) is 11.6 Å². The lowest BCUT2D eigenvalue weighted by atomic mass is 10.0. The highest BCUT2D eigenvalue weighted by Crippen LogP contribution is 2.29. The first kappa shape index (κ1) is 15.9. The Kier molecular flexibility index (Phi) is 4.82. The van der Waals surface area contributed by atoms with Gasteiger partial charge in [-0.3, -0.25) is 9.80 Å². The summed E-state index contributed by atoms with van der Waals surface area (Å²) in [6, 6.07) is 11.2. The molecule has 2 atom stereocenters. The Morgan fingerprint density at radius 1 is 1.18 bits per heavy atom. The molecule has 0 radical (unpaired) electrons. The van der Waals surface area contributed by atoms with E-state index < -0.39 is 9.84 Å². The average Bonchev–Trinajstić information content (AvgIpc) is 2.52. The lowest BCUT2D eigenvalue weighted by Gasteiger charge is -2.48.